The third-order valence-corrected chi connectivity index (χ3v) is 3.46. The summed E-state index contributed by atoms with van der Waals surface area (Å²) in [6, 6.07) is 12.4. The van der Waals surface area contributed by atoms with E-state index < -0.39 is 11.9 Å². The minimum atomic E-state index is -0.503. The van der Waals surface area contributed by atoms with Crippen molar-refractivity contribution in [1.29, 1.82) is 0 Å². The average molecular weight is 350 g/mol. The Labute approximate surface area is 144 Å². The van der Waals surface area contributed by atoms with E-state index in [-0.39, 0.29) is 12.2 Å². The molecule has 0 aromatic heterocycles. The van der Waals surface area contributed by atoms with Crippen LogP contribution in [0.25, 0.3) is 0 Å². The van der Waals surface area contributed by atoms with Crippen molar-refractivity contribution in [3.05, 3.63) is 70.5 Å². The molecule has 0 aliphatic heterocycles. The van der Waals surface area contributed by atoms with E-state index in [2.05, 4.69) is 16.2 Å². The van der Waals surface area contributed by atoms with Crippen LogP contribution in [0.3, 0.4) is 0 Å². The Balaban J connectivity index is 1.64. The van der Waals surface area contributed by atoms with Crippen molar-refractivity contribution < 1.29 is 14.0 Å². The summed E-state index contributed by atoms with van der Waals surface area (Å²) in [6.45, 7) is 0.418. The highest BCUT2D eigenvalue weighted by molar-refractivity contribution is 6.30. The molecule has 0 aliphatic carbocycles. The molecule has 0 aliphatic rings. The Kier molecular flexibility index (Phi) is 6.57. The number of halogens is 2. The highest BCUT2D eigenvalue weighted by atomic mass is 35.5. The van der Waals surface area contributed by atoms with Gasteiger partial charge in [0.25, 0.3) is 0 Å². The molecule has 7 heteroatoms. The Morgan fingerprint density at radius 3 is 2.21 bits per heavy atom. The number of hydrogen-bond acceptors (Lipinski definition) is 2. The number of hydrogen-bond donors (Lipinski definition) is 3. The van der Waals surface area contributed by atoms with E-state index in [0.29, 0.717) is 23.6 Å². The fourth-order valence-electron chi connectivity index (χ4n) is 1.97. The predicted molar refractivity (Wildman–Crippen MR) is 89.9 cm³/mol. The molecule has 0 unspecified atom stereocenters. The Morgan fingerprint density at radius 1 is 0.917 bits per heavy atom. The first-order valence-electron chi connectivity index (χ1n) is 7.34. The van der Waals surface area contributed by atoms with Gasteiger partial charge in [-0.25, -0.2) is 14.6 Å². The zero-order valence-corrected chi connectivity index (χ0v) is 13.6. The summed E-state index contributed by atoms with van der Waals surface area (Å²) in [4.78, 5) is 23.3. The lowest BCUT2D eigenvalue weighted by Crippen LogP contribution is -2.47. The fourth-order valence-corrected chi connectivity index (χ4v) is 2.10. The van der Waals surface area contributed by atoms with E-state index in [1.165, 1.54) is 24.3 Å². The maximum absolute atomic E-state index is 12.8. The first-order valence-corrected chi connectivity index (χ1v) is 7.72. The molecule has 2 rings (SSSR count). The standard InChI is InChI=1S/C17H17ClFN3O2/c18-14-5-1-12(2-6-14)9-10-20-17(24)22-21-16(23)11-13-3-7-15(19)8-4-13/h1-8H,9-11H2,(H,21,23)(H2,20,22,24). The highest BCUT2D eigenvalue weighted by Gasteiger charge is 2.05. The first-order chi connectivity index (χ1) is 11.5. The molecule has 0 spiro atoms. The van der Waals surface area contributed by atoms with Crippen molar-refractivity contribution >= 4 is 23.5 Å². The molecule has 0 atom stereocenters. The van der Waals surface area contributed by atoms with Gasteiger partial charge in [0.15, 0.2) is 0 Å². The van der Waals surface area contributed by atoms with E-state index >= 15 is 0 Å². The number of amides is 3. The van der Waals surface area contributed by atoms with Gasteiger partial charge in [-0.1, -0.05) is 35.9 Å². The summed E-state index contributed by atoms with van der Waals surface area (Å²) >= 11 is 5.79. The Morgan fingerprint density at radius 2 is 1.54 bits per heavy atom. The van der Waals surface area contributed by atoms with Crippen molar-refractivity contribution in [3.8, 4) is 0 Å². The van der Waals surface area contributed by atoms with Crippen LogP contribution in [-0.4, -0.2) is 18.5 Å². The van der Waals surface area contributed by atoms with Crippen molar-refractivity contribution in [2.45, 2.75) is 12.8 Å². The second-order valence-corrected chi connectivity index (χ2v) is 5.55. The van der Waals surface area contributed by atoms with Gasteiger partial charge in [-0.3, -0.25) is 10.2 Å². The van der Waals surface area contributed by atoms with Crippen molar-refractivity contribution in [2.24, 2.45) is 0 Å². The van der Waals surface area contributed by atoms with Crippen molar-refractivity contribution in [3.63, 3.8) is 0 Å². The smallest absolute Gasteiger partial charge is 0.333 e. The molecule has 24 heavy (non-hydrogen) atoms. The highest BCUT2D eigenvalue weighted by Crippen LogP contribution is 2.09. The van der Waals surface area contributed by atoms with Crippen molar-refractivity contribution in [1.82, 2.24) is 16.2 Å². The van der Waals surface area contributed by atoms with Crippen LogP contribution < -0.4 is 16.2 Å². The molecule has 2 aromatic rings. The predicted octanol–water partition coefficient (Wildman–Crippen LogP) is 2.59. The number of nitrogens with one attached hydrogen (secondary N) is 3. The van der Waals surface area contributed by atoms with Crippen LogP contribution in [0, 0.1) is 5.82 Å². The second-order valence-electron chi connectivity index (χ2n) is 5.11. The SMILES string of the molecule is O=C(Cc1ccc(F)cc1)NNC(=O)NCCc1ccc(Cl)cc1. The number of hydrazine groups is 1. The van der Waals surface area contributed by atoms with Crippen LogP contribution in [0.2, 0.25) is 5.02 Å². The third-order valence-electron chi connectivity index (χ3n) is 3.21. The monoisotopic (exact) mass is 349 g/mol. The van der Waals surface area contributed by atoms with E-state index in [0.717, 1.165) is 5.56 Å². The van der Waals surface area contributed by atoms with Gasteiger partial charge in [-0.15, -0.1) is 0 Å². The molecular weight excluding hydrogens is 333 g/mol. The lowest BCUT2D eigenvalue weighted by molar-refractivity contribution is -0.121. The molecule has 3 amide bonds. The largest absolute Gasteiger partial charge is 0.336 e. The van der Waals surface area contributed by atoms with Crippen LogP contribution in [0.15, 0.2) is 48.5 Å². The summed E-state index contributed by atoms with van der Waals surface area (Å²) in [5.41, 5.74) is 6.25. The van der Waals surface area contributed by atoms with Gasteiger partial charge in [0.1, 0.15) is 5.82 Å². The Hall–Kier alpha value is -2.60. The maximum atomic E-state index is 12.8. The molecule has 0 saturated heterocycles. The molecule has 2 aromatic carbocycles. The van der Waals surface area contributed by atoms with Gasteiger partial charge in [-0.05, 0) is 41.8 Å². The van der Waals surface area contributed by atoms with Crippen LogP contribution >= 0.6 is 11.6 Å². The zero-order valence-electron chi connectivity index (χ0n) is 12.8. The summed E-state index contributed by atoms with van der Waals surface area (Å²) < 4.78 is 12.8. The molecule has 0 bridgehead atoms. The van der Waals surface area contributed by atoms with Gasteiger partial charge in [0.2, 0.25) is 5.91 Å². The van der Waals surface area contributed by atoms with Gasteiger partial charge in [0, 0.05) is 11.6 Å². The zero-order chi connectivity index (χ0) is 17.4. The first kappa shape index (κ1) is 17.7. The Bertz CT molecular complexity index is 690. The third kappa shape index (κ3) is 6.26. The molecule has 126 valence electrons. The maximum Gasteiger partial charge on any atom is 0.333 e. The number of rotatable bonds is 5. The van der Waals surface area contributed by atoms with Crippen LogP contribution in [0.5, 0.6) is 0 Å². The minimum absolute atomic E-state index is 0.0470. The fraction of sp³-hybridized carbons (Fsp3) is 0.176. The summed E-state index contributed by atoms with van der Waals surface area (Å²) in [7, 11) is 0. The average Bonchev–Trinajstić information content (AvgIpc) is 2.57. The van der Waals surface area contributed by atoms with Crippen molar-refractivity contribution in [2.75, 3.05) is 6.54 Å². The summed E-state index contributed by atoms with van der Waals surface area (Å²) in [6.07, 6.45) is 0.694. The van der Waals surface area contributed by atoms with E-state index in [1.54, 1.807) is 12.1 Å². The van der Waals surface area contributed by atoms with E-state index in [9.17, 15) is 14.0 Å². The van der Waals surface area contributed by atoms with E-state index in [4.69, 9.17) is 11.6 Å². The number of urea groups is 1. The molecule has 0 radical (unpaired) electrons. The topological polar surface area (TPSA) is 70.2 Å². The molecule has 0 heterocycles. The van der Waals surface area contributed by atoms with E-state index in [1.807, 2.05) is 12.1 Å². The second kappa shape index (κ2) is 8.88. The van der Waals surface area contributed by atoms with Gasteiger partial charge >= 0.3 is 6.03 Å². The quantitative estimate of drug-likeness (QED) is 0.726. The van der Waals surface area contributed by atoms with Gasteiger partial charge in [-0.2, -0.15) is 0 Å². The minimum Gasteiger partial charge on any atom is -0.336 e. The molecule has 0 saturated carbocycles. The van der Waals surface area contributed by atoms with Crippen LogP contribution in [0.1, 0.15) is 11.1 Å². The summed E-state index contributed by atoms with van der Waals surface area (Å²) in [5.74, 6) is -0.758. The van der Waals surface area contributed by atoms with Crippen LogP contribution in [0.4, 0.5) is 9.18 Å². The van der Waals surface area contributed by atoms with Crippen LogP contribution in [-0.2, 0) is 17.6 Å². The summed E-state index contributed by atoms with van der Waals surface area (Å²) in [5, 5.41) is 3.29. The lowest BCUT2D eigenvalue weighted by Gasteiger charge is -2.09. The lowest BCUT2D eigenvalue weighted by atomic mass is 10.1. The molecule has 5 nitrogen and oxygen atoms in total. The number of carbonyl (C=O) groups excluding carboxylic acids is 2. The molecule has 3 N–H and O–H groups in total. The number of carbonyl (C=O) groups is 2. The molecular formula is C17H17ClFN3O2. The van der Waals surface area contributed by atoms with Gasteiger partial charge < -0.3 is 5.32 Å². The van der Waals surface area contributed by atoms with Gasteiger partial charge in [0.05, 0.1) is 6.42 Å². The number of benzene rings is 2. The molecule has 0 fully saturated rings. The normalized spacial score (nSPS) is 10.1.